The molecule has 2 heterocycles. The lowest BCUT2D eigenvalue weighted by atomic mass is 10.1. The number of hydrogen-bond donors (Lipinski definition) is 0. The number of esters is 1. The van der Waals surface area contributed by atoms with Gasteiger partial charge in [-0.1, -0.05) is 12.1 Å². The normalized spacial score (nSPS) is 14.7. The van der Waals surface area contributed by atoms with E-state index in [-0.39, 0.29) is 22.6 Å². The Morgan fingerprint density at radius 1 is 1.32 bits per heavy atom. The van der Waals surface area contributed by atoms with Crippen LogP contribution in [0.1, 0.15) is 34.1 Å². The Hall–Kier alpha value is -2.45. The number of pyridine rings is 1. The highest BCUT2D eigenvalue weighted by atomic mass is 32.2. The SMILES string of the molecule is CCOC(=O)c1cc(C#N)c(SCc2cccc(S(=O)(=O)N3CCOCC3)c2)nc1C. The van der Waals surface area contributed by atoms with Crippen molar-refractivity contribution in [2.24, 2.45) is 0 Å². The Kier molecular flexibility index (Phi) is 7.67. The van der Waals surface area contributed by atoms with Crippen LogP contribution in [-0.2, 0) is 25.2 Å². The second-order valence-electron chi connectivity index (χ2n) is 6.76. The number of nitriles is 1. The standard InChI is InChI=1S/C21H23N3O5S2/c1-3-29-21(25)19-12-17(13-22)20(23-15(19)2)30-14-16-5-4-6-18(11-16)31(26,27)24-7-9-28-10-8-24/h4-6,11-12H,3,7-10,14H2,1-2H3. The Balaban J connectivity index is 1.79. The molecular formula is C21H23N3O5S2. The molecule has 2 aromatic rings. The maximum absolute atomic E-state index is 12.9. The molecule has 0 amide bonds. The van der Waals surface area contributed by atoms with Crippen LogP contribution in [0.4, 0.5) is 0 Å². The first-order valence-corrected chi connectivity index (χ1v) is 12.2. The zero-order chi connectivity index (χ0) is 22.4. The second-order valence-corrected chi connectivity index (χ2v) is 9.66. The number of carbonyl (C=O) groups excluding carboxylic acids is 1. The van der Waals surface area contributed by atoms with Crippen molar-refractivity contribution < 1.29 is 22.7 Å². The van der Waals surface area contributed by atoms with E-state index < -0.39 is 16.0 Å². The van der Waals surface area contributed by atoms with E-state index in [0.717, 1.165) is 5.56 Å². The van der Waals surface area contributed by atoms with Crippen molar-refractivity contribution in [1.29, 1.82) is 5.26 Å². The molecule has 0 unspecified atom stereocenters. The summed E-state index contributed by atoms with van der Waals surface area (Å²) in [7, 11) is -3.58. The lowest BCUT2D eigenvalue weighted by Gasteiger charge is -2.26. The fraction of sp³-hybridized carbons (Fsp3) is 0.381. The Morgan fingerprint density at radius 3 is 2.74 bits per heavy atom. The quantitative estimate of drug-likeness (QED) is 0.457. The van der Waals surface area contributed by atoms with Crippen molar-refractivity contribution in [1.82, 2.24) is 9.29 Å². The van der Waals surface area contributed by atoms with Gasteiger partial charge in [-0.3, -0.25) is 0 Å². The smallest absolute Gasteiger partial charge is 0.340 e. The predicted molar refractivity (Wildman–Crippen MR) is 115 cm³/mol. The van der Waals surface area contributed by atoms with E-state index in [1.807, 2.05) is 6.07 Å². The highest BCUT2D eigenvalue weighted by Gasteiger charge is 2.26. The van der Waals surface area contributed by atoms with Gasteiger partial charge in [0, 0.05) is 18.8 Å². The average molecular weight is 462 g/mol. The molecule has 1 aromatic heterocycles. The van der Waals surface area contributed by atoms with Crippen molar-refractivity contribution in [2.45, 2.75) is 29.5 Å². The highest BCUT2D eigenvalue weighted by molar-refractivity contribution is 7.98. The maximum Gasteiger partial charge on any atom is 0.340 e. The van der Waals surface area contributed by atoms with Crippen molar-refractivity contribution >= 4 is 27.8 Å². The number of thioether (sulfide) groups is 1. The van der Waals surface area contributed by atoms with E-state index in [1.54, 1.807) is 32.0 Å². The van der Waals surface area contributed by atoms with Gasteiger partial charge in [0.2, 0.25) is 10.0 Å². The van der Waals surface area contributed by atoms with E-state index in [2.05, 4.69) is 11.1 Å². The number of aryl methyl sites for hydroxylation is 1. The van der Waals surface area contributed by atoms with Gasteiger partial charge >= 0.3 is 5.97 Å². The van der Waals surface area contributed by atoms with Gasteiger partial charge < -0.3 is 9.47 Å². The third kappa shape index (κ3) is 5.43. The number of nitrogens with zero attached hydrogens (tertiary/aromatic N) is 3. The molecule has 0 spiro atoms. The monoisotopic (exact) mass is 461 g/mol. The molecule has 0 N–H and O–H groups in total. The van der Waals surface area contributed by atoms with Gasteiger partial charge in [-0.25, -0.2) is 18.2 Å². The van der Waals surface area contributed by atoms with Crippen LogP contribution in [0.15, 0.2) is 40.3 Å². The number of aromatic nitrogens is 1. The fourth-order valence-corrected chi connectivity index (χ4v) is 5.50. The third-order valence-corrected chi connectivity index (χ3v) is 7.63. The number of benzene rings is 1. The number of morpholine rings is 1. The van der Waals surface area contributed by atoms with Crippen LogP contribution in [0, 0.1) is 18.3 Å². The van der Waals surface area contributed by atoms with Crippen molar-refractivity contribution in [2.75, 3.05) is 32.9 Å². The van der Waals surface area contributed by atoms with Gasteiger partial charge in [0.05, 0.1) is 41.5 Å². The first-order valence-electron chi connectivity index (χ1n) is 9.75. The molecule has 3 rings (SSSR count). The van der Waals surface area contributed by atoms with Gasteiger partial charge in [-0.05, 0) is 37.6 Å². The summed E-state index contributed by atoms with van der Waals surface area (Å²) >= 11 is 1.31. The molecule has 1 aliphatic rings. The largest absolute Gasteiger partial charge is 0.462 e. The molecule has 1 aromatic carbocycles. The van der Waals surface area contributed by atoms with Crippen LogP contribution < -0.4 is 0 Å². The summed E-state index contributed by atoms with van der Waals surface area (Å²) in [5.74, 6) is -0.0895. The molecule has 10 heteroatoms. The van der Waals surface area contributed by atoms with Crippen LogP contribution in [-0.4, -0.2) is 56.6 Å². The van der Waals surface area contributed by atoms with Crippen LogP contribution in [0.3, 0.4) is 0 Å². The van der Waals surface area contributed by atoms with Crippen molar-refractivity contribution in [3.05, 3.63) is 52.7 Å². The van der Waals surface area contributed by atoms with Crippen LogP contribution in [0.2, 0.25) is 0 Å². The minimum atomic E-state index is -3.58. The van der Waals surface area contributed by atoms with Crippen molar-refractivity contribution in [3.63, 3.8) is 0 Å². The van der Waals surface area contributed by atoms with Gasteiger partial charge in [-0.2, -0.15) is 9.57 Å². The molecule has 164 valence electrons. The fourth-order valence-electron chi connectivity index (χ4n) is 3.07. The molecule has 0 bridgehead atoms. The zero-order valence-corrected chi connectivity index (χ0v) is 19.0. The van der Waals surface area contributed by atoms with Gasteiger partial charge in [0.25, 0.3) is 0 Å². The van der Waals surface area contributed by atoms with E-state index in [0.29, 0.717) is 42.8 Å². The lowest BCUT2D eigenvalue weighted by molar-refractivity contribution is 0.0524. The average Bonchev–Trinajstić information content (AvgIpc) is 2.78. The number of carbonyl (C=O) groups is 1. The van der Waals surface area contributed by atoms with E-state index in [1.165, 1.54) is 22.1 Å². The zero-order valence-electron chi connectivity index (χ0n) is 17.3. The Morgan fingerprint density at radius 2 is 2.06 bits per heavy atom. The first-order chi connectivity index (χ1) is 14.9. The number of ether oxygens (including phenoxy) is 2. The maximum atomic E-state index is 12.9. The molecule has 1 aliphatic heterocycles. The summed E-state index contributed by atoms with van der Waals surface area (Å²) in [5.41, 5.74) is 1.80. The number of sulfonamides is 1. The second kappa shape index (κ2) is 10.2. The highest BCUT2D eigenvalue weighted by Crippen LogP contribution is 2.28. The number of rotatable bonds is 7. The molecule has 0 atom stereocenters. The molecule has 0 saturated carbocycles. The molecule has 8 nitrogen and oxygen atoms in total. The molecule has 1 fully saturated rings. The summed E-state index contributed by atoms with van der Waals surface area (Å²) in [6.45, 7) is 5.08. The Labute approximate surface area is 186 Å². The predicted octanol–water partition coefficient (Wildman–Crippen LogP) is 2.75. The summed E-state index contributed by atoms with van der Waals surface area (Å²) in [5, 5.41) is 9.97. The van der Waals surface area contributed by atoms with E-state index in [9.17, 15) is 18.5 Å². The summed E-state index contributed by atoms with van der Waals surface area (Å²) in [4.78, 5) is 16.7. The number of hydrogen-bond acceptors (Lipinski definition) is 8. The summed E-state index contributed by atoms with van der Waals surface area (Å²) in [6.07, 6.45) is 0. The van der Waals surface area contributed by atoms with Gasteiger partial charge in [0.1, 0.15) is 11.1 Å². The summed E-state index contributed by atoms with van der Waals surface area (Å²) in [6, 6.07) is 10.3. The van der Waals surface area contributed by atoms with E-state index in [4.69, 9.17) is 9.47 Å². The third-order valence-electron chi connectivity index (χ3n) is 4.68. The first kappa shape index (κ1) is 23.2. The van der Waals surface area contributed by atoms with Crippen LogP contribution >= 0.6 is 11.8 Å². The van der Waals surface area contributed by atoms with E-state index >= 15 is 0 Å². The minimum absolute atomic E-state index is 0.231. The van der Waals surface area contributed by atoms with Gasteiger partial charge in [0.15, 0.2) is 0 Å². The molecule has 1 saturated heterocycles. The molecule has 31 heavy (non-hydrogen) atoms. The summed E-state index contributed by atoms with van der Waals surface area (Å²) < 4.78 is 37.4. The Bertz CT molecular complexity index is 1110. The van der Waals surface area contributed by atoms with Crippen LogP contribution in [0.5, 0.6) is 0 Å². The molecule has 0 aliphatic carbocycles. The van der Waals surface area contributed by atoms with Gasteiger partial charge in [-0.15, -0.1) is 11.8 Å². The van der Waals surface area contributed by atoms with Crippen molar-refractivity contribution in [3.8, 4) is 6.07 Å². The molecular weight excluding hydrogens is 438 g/mol. The lowest BCUT2D eigenvalue weighted by Crippen LogP contribution is -2.40. The topological polar surface area (TPSA) is 110 Å². The van der Waals surface area contributed by atoms with Crippen LogP contribution in [0.25, 0.3) is 0 Å². The molecule has 0 radical (unpaired) electrons. The minimum Gasteiger partial charge on any atom is -0.462 e.